The third kappa shape index (κ3) is 4.87. The molecule has 0 aromatic heterocycles. The SMILES string of the molecule is CCC1(C)C=CC(C)(C)c2cc(C)c(C3(c4ccc(CN(C)C(=O)CSCC=O)cc4)CC3)cc21. The van der Waals surface area contributed by atoms with Crippen molar-refractivity contribution >= 4 is 24.0 Å². The van der Waals surface area contributed by atoms with Crippen molar-refractivity contribution in [3.8, 4) is 0 Å². The maximum absolute atomic E-state index is 12.3. The van der Waals surface area contributed by atoms with Crippen molar-refractivity contribution in [1.82, 2.24) is 4.90 Å². The van der Waals surface area contributed by atoms with Crippen LogP contribution in [0, 0.1) is 6.92 Å². The van der Waals surface area contributed by atoms with E-state index in [1.165, 1.54) is 52.4 Å². The van der Waals surface area contributed by atoms with Crippen LogP contribution in [0.1, 0.15) is 80.3 Å². The molecule has 3 nitrogen and oxygen atoms in total. The van der Waals surface area contributed by atoms with Crippen LogP contribution in [-0.2, 0) is 32.4 Å². The first-order valence-electron chi connectivity index (χ1n) is 12.8. The average Bonchev–Trinajstić information content (AvgIpc) is 3.64. The van der Waals surface area contributed by atoms with Gasteiger partial charge in [-0.1, -0.05) is 76.2 Å². The minimum absolute atomic E-state index is 0.0558. The van der Waals surface area contributed by atoms with Gasteiger partial charge in [0.1, 0.15) is 6.29 Å². The summed E-state index contributed by atoms with van der Waals surface area (Å²) < 4.78 is 0. The topological polar surface area (TPSA) is 37.4 Å². The van der Waals surface area contributed by atoms with E-state index in [-0.39, 0.29) is 22.2 Å². The molecule has 2 aromatic rings. The lowest BCUT2D eigenvalue weighted by atomic mass is 9.64. The summed E-state index contributed by atoms with van der Waals surface area (Å²) in [6.07, 6.45) is 9.12. The Balaban J connectivity index is 1.59. The monoisotopic (exact) mass is 489 g/mol. The number of allylic oxidation sites excluding steroid dienone is 2. The summed E-state index contributed by atoms with van der Waals surface area (Å²) in [6, 6.07) is 13.9. The Labute approximate surface area is 215 Å². The maximum atomic E-state index is 12.3. The molecule has 35 heavy (non-hydrogen) atoms. The number of thioether (sulfide) groups is 1. The molecule has 2 aromatic carbocycles. The summed E-state index contributed by atoms with van der Waals surface area (Å²) in [6.45, 7) is 12.2. The zero-order chi connectivity index (χ0) is 25.4. The van der Waals surface area contributed by atoms with Gasteiger partial charge in [0, 0.05) is 35.6 Å². The van der Waals surface area contributed by atoms with Crippen molar-refractivity contribution in [2.75, 3.05) is 18.6 Å². The number of carbonyl (C=O) groups excluding carboxylic acids is 2. The van der Waals surface area contributed by atoms with Gasteiger partial charge >= 0.3 is 0 Å². The molecule has 1 atom stereocenters. The highest BCUT2D eigenvalue weighted by molar-refractivity contribution is 8.00. The van der Waals surface area contributed by atoms with Crippen LogP contribution in [0.4, 0.5) is 0 Å². The van der Waals surface area contributed by atoms with E-state index in [0.717, 1.165) is 18.3 Å². The van der Waals surface area contributed by atoms with Crippen molar-refractivity contribution in [2.24, 2.45) is 0 Å². The Kier molecular flexibility index (Phi) is 7.07. The lowest BCUT2D eigenvalue weighted by Crippen LogP contribution is -2.31. The van der Waals surface area contributed by atoms with Gasteiger partial charge in [-0.05, 0) is 59.6 Å². The van der Waals surface area contributed by atoms with Crippen molar-refractivity contribution in [3.05, 3.63) is 81.9 Å². The molecule has 1 amide bonds. The van der Waals surface area contributed by atoms with E-state index in [2.05, 4.69) is 83.2 Å². The van der Waals surface area contributed by atoms with Gasteiger partial charge in [-0.2, -0.15) is 0 Å². The number of carbonyl (C=O) groups is 2. The number of aldehydes is 1. The van der Waals surface area contributed by atoms with Gasteiger partial charge in [0.25, 0.3) is 0 Å². The number of rotatable bonds is 9. The van der Waals surface area contributed by atoms with Gasteiger partial charge in [0.2, 0.25) is 5.91 Å². The normalized spacial score (nSPS) is 21.3. The lowest BCUT2D eigenvalue weighted by Gasteiger charge is -2.40. The van der Waals surface area contributed by atoms with Crippen LogP contribution in [0.25, 0.3) is 0 Å². The fourth-order valence-electron chi connectivity index (χ4n) is 5.54. The molecule has 0 aliphatic heterocycles. The molecule has 1 fully saturated rings. The van der Waals surface area contributed by atoms with Crippen LogP contribution >= 0.6 is 11.8 Å². The van der Waals surface area contributed by atoms with Crippen LogP contribution in [0.3, 0.4) is 0 Å². The Bertz CT molecular complexity index is 1140. The Morgan fingerprint density at radius 3 is 2.31 bits per heavy atom. The lowest BCUT2D eigenvalue weighted by molar-refractivity contribution is -0.127. The van der Waals surface area contributed by atoms with E-state index in [9.17, 15) is 9.59 Å². The molecule has 0 bridgehead atoms. The molecule has 0 radical (unpaired) electrons. The van der Waals surface area contributed by atoms with Crippen LogP contribution < -0.4 is 0 Å². The average molecular weight is 490 g/mol. The van der Waals surface area contributed by atoms with Gasteiger partial charge in [-0.15, -0.1) is 11.8 Å². The van der Waals surface area contributed by atoms with E-state index in [1.807, 2.05) is 7.05 Å². The fourth-order valence-corrected chi connectivity index (χ4v) is 6.15. The summed E-state index contributed by atoms with van der Waals surface area (Å²) in [4.78, 5) is 24.5. The minimum atomic E-state index is 0.0558. The first-order valence-corrected chi connectivity index (χ1v) is 13.9. The summed E-state index contributed by atoms with van der Waals surface area (Å²) in [7, 11) is 1.83. The van der Waals surface area contributed by atoms with Gasteiger partial charge in [-0.3, -0.25) is 4.79 Å². The molecular weight excluding hydrogens is 450 g/mol. The minimum Gasteiger partial charge on any atom is -0.341 e. The summed E-state index contributed by atoms with van der Waals surface area (Å²) in [5, 5.41) is 0. The largest absolute Gasteiger partial charge is 0.341 e. The number of aryl methyl sites for hydroxylation is 1. The molecule has 2 aliphatic carbocycles. The van der Waals surface area contributed by atoms with Crippen molar-refractivity contribution in [2.45, 2.75) is 76.7 Å². The van der Waals surface area contributed by atoms with Crippen LogP contribution in [0.5, 0.6) is 0 Å². The third-order valence-electron chi connectivity index (χ3n) is 8.31. The number of nitrogens with zero attached hydrogens (tertiary/aromatic N) is 1. The number of hydrogen-bond donors (Lipinski definition) is 0. The number of amides is 1. The first-order chi connectivity index (χ1) is 16.6. The standard InChI is InChI=1S/C31H39NO2S/c1-7-30(5)13-12-29(3,4)26-18-22(2)25(19-27(26)30)31(14-15-31)24-10-8-23(9-11-24)20-32(6)28(34)21-35-17-16-33/h8-13,16,18-19H,7,14-15,17,20-21H2,1-6H3. The third-order valence-corrected chi connectivity index (χ3v) is 9.13. The fraction of sp³-hybridized carbons (Fsp3) is 0.484. The zero-order valence-electron chi connectivity index (χ0n) is 22.1. The maximum Gasteiger partial charge on any atom is 0.232 e. The number of fused-ring (bicyclic) bond motifs is 1. The van der Waals surface area contributed by atoms with Crippen LogP contribution in [0.15, 0.2) is 48.6 Å². The van der Waals surface area contributed by atoms with Gasteiger partial charge in [0.05, 0.1) is 5.75 Å². The van der Waals surface area contributed by atoms with E-state index < -0.39 is 0 Å². The van der Waals surface area contributed by atoms with Gasteiger partial charge in [0.15, 0.2) is 0 Å². The highest BCUT2D eigenvalue weighted by Crippen LogP contribution is 2.56. The Hall–Kier alpha value is -2.33. The second kappa shape index (κ2) is 9.61. The van der Waals surface area contributed by atoms with Crippen molar-refractivity contribution in [1.29, 1.82) is 0 Å². The molecule has 1 saturated carbocycles. The second-order valence-electron chi connectivity index (χ2n) is 11.2. The highest BCUT2D eigenvalue weighted by atomic mass is 32.2. The van der Waals surface area contributed by atoms with Gasteiger partial charge in [-0.25, -0.2) is 0 Å². The van der Waals surface area contributed by atoms with E-state index in [1.54, 1.807) is 4.90 Å². The quantitative estimate of drug-likeness (QED) is 0.230. The smallest absolute Gasteiger partial charge is 0.232 e. The summed E-state index contributed by atoms with van der Waals surface area (Å²) >= 11 is 1.36. The first kappa shape index (κ1) is 25.8. The molecule has 4 heteroatoms. The van der Waals surface area contributed by atoms with Crippen LogP contribution in [-0.4, -0.2) is 35.6 Å². The molecule has 1 unspecified atom stereocenters. The molecule has 4 rings (SSSR count). The highest BCUT2D eigenvalue weighted by Gasteiger charge is 2.48. The van der Waals surface area contributed by atoms with Gasteiger partial charge < -0.3 is 9.69 Å². The zero-order valence-corrected chi connectivity index (χ0v) is 22.9. The summed E-state index contributed by atoms with van der Waals surface area (Å²) in [5.74, 6) is 0.764. The van der Waals surface area contributed by atoms with Crippen molar-refractivity contribution < 1.29 is 9.59 Å². The molecule has 0 heterocycles. The second-order valence-corrected chi connectivity index (χ2v) is 12.3. The van der Waals surface area contributed by atoms with E-state index in [4.69, 9.17) is 0 Å². The van der Waals surface area contributed by atoms with E-state index >= 15 is 0 Å². The Morgan fingerprint density at radius 2 is 1.71 bits per heavy atom. The number of benzene rings is 2. The van der Waals surface area contributed by atoms with Crippen LogP contribution in [0.2, 0.25) is 0 Å². The molecule has 0 saturated heterocycles. The Morgan fingerprint density at radius 1 is 1.03 bits per heavy atom. The molecular formula is C31H39NO2S. The summed E-state index contributed by atoms with van der Waals surface area (Å²) in [5.41, 5.74) is 8.58. The predicted octanol–water partition coefficient (Wildman–Crippen LogP) is 6.48. The molecule has 186 valence electrons. The number of hydrogen-bond acceptors (Lipinski definition) is 3. The molecule has 0 spiro atoms. The molecule has 2 aliphatic rings. The predicted molar refractivity (Wildman–Crippen MR) is 147 cm³/mol. The van der Waals surface area contributed by atoms with Crippen molar-refractivity contribution in [3.63, 3.8) is 0 Å². The molecule has 0 N–H and O–H groups in total. The van der Waals surface area contributed by atoms with E-state index in [0.29, 0.717) is 18.1 Å².